The summed E-state index contributed by atoms with van der Waals surface area (Å²) in [6.45, 7) is 8.24. The first-order chi connectivity index (χ1) is 18.1. The number of hydrogen-bond acceptors (Lipinski definition) is 5. The fourth-order valence-corrected chi connectivity index (χ4v) is 5.24. The van der Waals surface area contributed by atoms with E-state index in [2.05, 4.69) is 45.5 Å². The van der Waals surface area contributed by atoms with E-state index in [4.69, 9.17) is 14.0 Å². The molecule has 1 amide bonds. The number of rotatable bonds is 6. The lowest BCUT2D eigenvalue weighted by Gasteiger charge is -2.32. The maximum atomic E-state index is 12.9. The quantitative estimate of drug-likeness (QED) is 0.319. The number of amides is 1. The summed E-state index contributed by atoms with van der Waals surface area (Å²) in [5, 5.41) is 13.3. The molecular formula is C30H31BBrNO5. The van der Waals surface area contributed by atoms with E-state index in [9.17, 15) is 9.90 Å². The lowest BCUT2D eigenvalue weighted by atomic mass is 9.77. The van der Waals surface area contributed by atoms with Crippen LogP contribution < -0.4 is 5.32 Å². The molecule has 2 N–H and O–H groups in total. The van der Waals surface area contributed by atoms with Crippen LogP contribution in [0.4, 0.5) is 4.79 Å². The van der Waals surface area contributed by atoms with Crippen LogP contribution in [-0.2, 0) is 14.0 Å². The van der Waals surface area contributed by atoms with E-state index < -0.39 is 24.4 Å². The normalized spacial score (nSPS) is 17.7. The predicted molar refractivity (Wildman–Crippen MR) is 153 cm³/mol. The standard InChI is InChI=1S/C30H31BBrNO5/c1-29(2)30(3,4)38-31(37-29)20(15-19-16-21(32)13-14-27(19)34)17-33-28(35)36-18-26-24-11-7-5-9-22(24)23-10-6-8-12-25(23)26/h5-16,26,34H,17-18H2,1-4H3,(H,33,35). The highest BCUT2D eigenvalue weighted by atomic mass is 79.9. The SMILES string of the molecule is CC1(C)OB(C(=Cc2cc(Br)ccc2O)CNC(=O)OCC2c3ccccc3-c3ccccc32)OC1(C)C. The molecule has 8 heteroatoms. The van der Waals surface area contributed by atoms with Crippen molar-refractivity contribution in [2.75, 3.05) is 13.2 Å². The van der Waals surface area contributed by atoms with Gasteiger partial charge in [-0.1, -0.05) is 70.5 Å². The number of carbonyl (C=O) groups is 1. The lowest BCUT2D eigenvalue weighted by molar-refractivity contribution is 0.00578. The summed E-state index contributed by atoms with van der Waals surface area (Å²) in [5.41, 5.74) is 4.80. The minimum Gasteiger partial charge on any atom is -0.507 e. The zero-order valence-electron chi connectivity index (χ0n) is 22.0. The van der Waals surface area contributed by atoms with Gasteiger partial charge in [0.2, 0.25) is 0 Å². The van der Waals surface area contributed by atoms with Crippen LogP contribution in [0.3, 0.4) is 0 Å². The van der Waals surface area contributed by atoms with E-state index >= 15 is 0 Å². The maximum Gasteiger partial charge on any atom is 0.492 e. The third-order valence-electron chi connectivity index (χ3n) is 7.67. The van der Waals surface area contributed by atoms with Crippen molar-refractivity contribution in [2.45, 2.75) is 44.8 Å². The van der Waals surface area contributed by atoms with Crippen LogP contribution in [-0.4, -0.2) is 42.7 Å². The van der Waals surface area contributed by atoms with E-state index in [-0.39, 0.29) is 24.8 Å². The molecule has 0 bridgehead atoms. The summed E-state index contributed by atoms with van der Waals surface area (Å²) in [7, 11) is -0.702. The van der Waals surface area contributed by atoms with Crippen LogP contribution in [0.5, 0.6) is 5.75 Å². The molecule has 5 rings (SSSR count). The number of aromatic hydroxyl groups is 1. The van der Waals surface area contributed by atoms with Crippen molar-refractivity contribution in [3.05, 3.63) is 93.4 Å². The summed E-state index contributed by atoms with van der Waals surface area (Å²) in [6, 6.07) is 21.6. The Morgan fingerprint density at radius 2 is 1.58 bits per heavy atom. The smallest absolute Gasteiger partial charge is 0.492 e. The molecule has 196 valence electrons. The molecule has 3 aromatic carbocycles. The fourth-order valence-electron chi connectivity index (χ4n) is 4.86. The van der Waals surface area contributed by atoms with Crippen LogP contribution in [0.25, 0.3) is 17.2 Å². The number of alkyl carbamates (subject to hydrolysis) is 1. The maximum absolute atomic E-state index is 12.9. The number of fused-ring (bicyclic) bond motifs is 3. The molecule has 1 saturated heterocycles. The molecule has 0 saturated carbocycles. The van der Waals surface area contributed by atoms with Gasteiger partial charge in [-0.15, -0.1) is 0 Å². The summed E-state index contributed by atoms with van der Waals surface area (Å²) in [6.07, 6.45) is 1.25. The number of carbonyl (C=O) groups excluding carboxylic acids is 1. The van der Waals surface area contributed by atoms with E-state index in [0.29, 0.717) is 11.0 Å². The second-order valence-corrected chi connectivity index (χ2v) is 11.6. The van der Waals surface area contributed by atoms with Gasteiger partial charge in [0.1, 0.15) is 12.4 Å². The molecule has 0 atom stereocenters. The molecule has 0 unspecified atom stereocenters. The van der Waals surface area contributed by atoms with Crippen molar-refractivity contribution in [3.63, 3.8) is 0 Å². The highest BCUT2D eigenvalue weighted by Gasteiger charge is 2.52. The molecule has 1 aliphatic carbocycles. The van der Waals surface area contributed by atoms with Gasteiger partial charge in [-0.25, -0.2) is 4.79 Å². The number of nitrogens with one attached hydrogen (secondary N) is 1. The molecular weight excluding hydrogens is 545 g/mol. The molecule has 1 aliphatic heterocycles. The molecule has 0 radical (unpaired) electrons. The highest BCUT2D eigenvalue weighted by Crippen LogP contribution is 2.44. The van der Waals surface area contributed by atoms with Crippen LogP contribution in [0, 0.1) is 0 Å². The van der Waals surface area contributed by atoms with Crippen LogP contribution in [0.15, 0.2) is 76.7 Å². The van der Waals surface area contributed by atoms with Gasteiger partial charge in [-0.3, -0.25) is 0 Å². The lowest BCUT2D eigenvalue weighted by Crippen LogP contribution is -2.41. The van der Waals surface area contributed by atoms with Gasteiger partial charge in [-0.05, 0) is 73.6 Å². The number of halogens is 1. The summed E-state index contributed by atoms with van der Waals surface area (Å²) >= 11 is 3.45. The van der Waals surface area contributed by atoms with Gasteiger partial charge in [0.25, 0.3) is 0 Å². The van der Waals surface area contributed by atoms with Crippen molar-refractivity contribution in [3.8, 4) is 16.9 Å². The summed E-state index contributed by atoms with van der Waals surface area (Å²) in [5.74, 6) is 0.0910. The zero-order valence-corrected chi connectivity index (χ0v) is 23.5. The van der Waals surface area contributed by atoms with Gasteiger partial charge in [0.05, 0.1) is 11.2 Å². The second kappa shape index (κ2) is 10.2. The number of benzene rings is 3. The Labute approximate surface area is 232 Å². The number of hydrogen-bond donors (Lipinski definition) is 2. The molecule has 0 aromatic heterocycles. The third-order valence-corrected chi connectivity index (χ3v) is 8.16. The Hall–Kier alpha value is -3.07. The molecule has 38 heavy (non-hydrogen) atoms. The minimum absolute atomic E-state index is 0.0233. The predicted octanol–water partition coefficient (Wildman–Crippen LogP) is 6.71. The highest BCUT2D eigenvalue weighted by molar-refractivity contribution is 9.10. The van der Waals surface area contributed by atoms with E-state index in [1.165, 1.54) is 11.1 Å². The van der Waals surface area contributed by atoms with Crippen molar-refractivity contribution in [1.29, 1.82) is 0 Å². The number of phenolic OH excluding ortho intramolecular Hbond substituents is 1. The van der Waals surface area contributed by atoms with E-state index in [0.717, 1.165) is 15.6 Å². The molecule has 3 aromatic rings. The second-order valence-electron chi connectivity index (χ2n) is 10.7. The summed E-state index contributed by atoms with van der Waals surface area (Å²) in [4.78, 5) is 12.9. The summed E-state index contributed by atoms with van der Waals surface area (Å²) < 4.78 is 19.0. The first-order valence-electron chi connectivity index (χ1n) is 12.7. The van der Waals surface area contributed by atoms with Gasteiger partial charge >= 0.3 is 13.2 Å². The topological polar surface area (TPSA) is 77.0 Å². The number of phenols is 1. The Bertz CT molecular complexity index is 1340. The monoisotopic (exact) mass is 575 g/mol. The zero-order chi connectivity index (χ0) is 27.1. The Morgan fingerprint density at radius 1 is 1.00 bits per heavy atom. The molecule has 1 fully saturated rings. The molecule has 1 heterocycles. The van der Waals surface area contributed by atoms with Crippen molar-refractivity contribution in [2.24, 2.45) is 0 Å². The Morgan fingerprint density at radius 3 is 2.18 bits per heavy atom. The van der Waals surface area contributed by atoms with Crippen LogP contribution >= 0.6 is 15.9 Å². The minimum atomic E-state index is -0.702. The average molecular weight is 576 g/mol. The van der Waals surface area contributed by atoms with Crippen LogP contribution in [0.2, 0.25) is 0 Å². The van der Waals surface area contributed by atoms with E-state index in [1.807, 2.05) is 52.0 Å². The average Bonchev–Trinajstić information content (AvgIpc) is 3.31. The third kappa shape index (κ3) is 5.13. The first kappa shape index (κ1) is 26.5. The molecule has 0 spiro atoms. The molecule has 6 nitrogen and oxygen atoms in total. The van der Waals surface area contributed by atoms with Crippen LogP contribution in [0.1, 0.15) is 50.3 Å². The fraction of sp³-hybridized carbons (Fsp3) is 0.300. The van der Waals surface area contributed by atoms with Crippen molar-refractivity contribution < 1.29 is 23.9 Å². The molecule has 2 aliphatic rings. The number of ether oxygens (including phenoxy) is 1. The van der Waals surface area contributed by atoms with Crippen molar-refractivity contribution in [1.82, 2.24) is 5.32 Å². The van der Waals surface area contributed by atoms with Gasteiger partial charge in [-0.2, -0.15) is 0 Å². The van der Waals surface area contributed by atoms with Crippen molar-refractivity contribution >= 4 is 35.2 Å². The van der Waals surface area contributed by atoms with Gasteiger partial charge < -0.3 is 24.5 Å². The Balaban J connectivity index is 1.31. The van der Waals surface area contributed by atoms with E-state index in [1.54, 1.807) is 24.3 Å². The van der Waals surface area contributed by atoms with Gasteiger partial charge in [0.15, 0.2) is 0 Å². The first-order valence-corrected chi connectivity index (χ1v) is 13.5. The largest absolute Gasteiger partial charge is 0.507 e. The Kier molecular flexibility index (Phi) is 7.16. The van der Waals surface area contributed by atoms with Gasteiger partial charge in [0, 0.05) is 22.5 Å².